The molecule has 0 radical (unpaired) electrons. The van der Waals surface area contributed by atoms with Gasteiger partial charge in [-0.05, 0) is 71.1 Å². The number of aliphatic hydroxyl groups is 1. The van der Waals surface area contributed by atoms with Gasteiger partial charge in [-0.3, -0.25) is 14.4 Å². The van der Waals surface area contributed by atoms with E-state index < -0.39 is 18.4 Å². The summed E-state index contributed by atoms with van der Waals surface area (Å²) in [5, 5.41) is 15.2. The van der Waals surface area contributed by atoms with E-state index in [9.17, 15) is 19.5 Å². The highest BCUT2D eigenvalue weighted by atomic mass is 32.2. The molecule has 4 aromatic rings. The molecule has 2 amide bonds. The molecule has 3 N–H and O–H groups in total. The minimum absolute atomic E-state index is 0.0225. The Kier molecular flexibility index (Phi) is 12.0. The molecule has 250 valence electrons. The van der Waals surface area contributed by atoms with Crippen molar-refractivity contribution < 1.29 is 33.7 Å². The zero-order valence-corrected chi connectivity index (χ0v) is 28.0. The summed E-state index contributed by atoms with van der Waals surface area (Å²) in [5.74, 6) is -0.271. The highest BCUT2D eigenvalue weighted by molar-refractivity contribution is 7.99. The average molecular weight is 669 g/mol. The lowest BCUT2D eigenvalue weighted by Gasteiger charge is -2.36. The summed E-state index contributed by atoms with van der Waals surface area (Å²) in [6, 6.07) is 31.5. The van der Waals surface area contributed by atoms with E-state index in [0.717, 1.165) is 44.0 Å². The molecule has 48 heavy (non-hydrogen) atoms. The van der Waals surface area contributed by atoms with E-state index in [0.29, 0.717) is 18.7 Å². The minimum atomic E-state index is -0.868. The van der Waals surface area contributed by atoms with Gasteiger partial charge in [-0.15, -0.1) is 11.8 Å². The summed E-state index contributed by atoms with van der Waals surface area (Å²) in [4.78, 5) is 36.0. The Morgan fingerprint density at radius 2 is 1.58 bits per heavy atom. The van der Waals surface area contributed by atoms with E-state index in [4.69, 9.17) is 14.2 Å². The van der Waals surface area contributed by atoms with Crippen LogP contribution in [0.4, 0.5) is 5.69 Å². The van der Waals surface area contributed by atoms with Crippen LogP contribution in [0.2, 0.25) is 0 Å². The van der Waals surface area contributed by atoms with Crippen LogP contribution in [0.1, 0.15) is 61.8 Å². The standard InChI is InChI=1S/C38H40N2O7S/c1-24(45-26(3)43)37(44)39-21-28-6-4-7-30(18-28)31-8-5-9-32(19-31)38-46-34(20-36(47-38)29-12-10-27(22-41)11-13-29)23-48-35-16-14-33(15-17-35)40-25(2)42/h4-19,24,34,36,38,41H,20-23H2,1-3H3,(H,39,44)(H,40,42)/t24-,34-,36+,38+/m0/s1. The van der Waals surface area contributed by atoms with Gasteiger partial charge in [0.05, 0.1) is 18.8 Å². The summed E-state index contributed by atoms with van der Waals surface area (Å²) < 4.78 is 18.1. The molecule has 9 nitrogen and oxygen atoms in total. The molecule has 0 bridgehead atoms. The van der Waals surface area contributed by atoms with E-state index >= 15 is 0 Å². The molecule has 1 fully saturated rings. The molecule has 1 saturated heterocycles. The number of nitrogens with one attached hydrogen (secondary N) is 2. The summed E-state index contributed by atoms with van der Waals surface area (Å²) in [5.41, 5.74) is 6.34. The monoisotopic (exact) mass is 668 g/mol. The Morgan fingerprint density at radius 3 is 2.27 bits per heavy atom. The van der Waals surface area contributed by atoms with Crippen molar-refractivity contribution in [3.05, 3.63) is 119 Å². The maximum atomic E-state index is 12.3. The van der Waals surface area contributed by atoms with Crippen molar-refractivity contribution in [1.82, 2.24) is 5.32 Å². The third kappa shape index (κ3) is 9.77. The van der Waals surface area contributed by atoms with Crippen LogP contribution >= 0.6 is 11.8 Å². The van der Waals surface area contributed by atoms with Crippen molar-refractivity contribution in [1.29, 1.82) is 0 Å². The van der Waals surface area contributed by atoms with Crippen LogP contribution in [0, 0.1) is 0 Å². The fraction of sp³-hybridized carbons (Fsp3) is 0.289. The van der Waals surface area contributed by atoms with Crippen molar-refractivity contribution in [3.8, 4) is 11.1 Å². The first kappa shape index (κ1) is 34.8. The van der Waals surface area contributed by atoms with Crippen LogP contribution < -0.4 is 10.6 Å². The minimum Gasteiger partial charge on any atom is -0.453 e. The highest BCUT2D eigenvalue weighted by Crippen LogP contribution is 2.40. The summed E-state index contributed by atoms with van der Waals surface area (Å²) in [6.07, 6.45) is -1.15. The number of benzene rings is 4. The van der Waals surface area contributed by atoms with Gasteiger partial charge in [-0.1, -0.05) is 60.7 Å². The van der Waals surface area contributed by atoms with Gasteiger partial charge >= 0.3 is 5.97 Å². The highest BCUT2D eigenvalue weighted by Gasteiger charge is 2.32. The van der Waals surface area contributed by atoms with Crippen LogP contribution in [-0.4, -0.2) is 40.9 Å². The molecule has 10 heteroatoms. The quantitative estimate of drug-likeness (QED) is 0.113. The number of anilines is 1. The molecule has 0 saturated carbocycles. The van der Waals surface area contributed by atoms with E-state index in [1.54, 1.807) is 18.7 Å². The number of aliphatic hydroxyl groups excluding tert-OH is 1. The molecule has 0 aliphatic carbocycles. The SMILES string of the molecule is CC(=O)Nc1ccc(SC[C@@H]2C[C@H](c3ccc(CO)cc3)O[C@H](c3cccc(-c4cccc(CNC(=O)[C@H](C)OC(C)=O)c4)c3)O2)cc1. The zero-order valence-electron chi connectivity index (χ0n) is 27.2. The lowest BCUT2D eigenvalue weighted by Crippen LogP contribution is -2.35. The van der Waals surface area contributed by atoms with Gasteiger partial charge in [0.2, 0.25) is 5.91 Å². The van der Waals surface area contributed by atoms with E-state index in [-0.39, 0.29) is 30.6 Å². The van der Waals surface area contributed by atoms with E-state index in [1.807, 2.05) is 91.0 Å². The van der Waals surface area contributed by atoms with Crippen molar-refractivity contribution in [3.63, 3.8) is 0 Å². The van der Waals surface area contributed by atoms with E-state index in [1.165, 1.54) is 13.8 Å². The normalized spacial score (nSPS) is 18.0. The molecule has 5 rings (SSSR count). The van der Waals surface area contributed by atoms with Crippen molar-refractivity contribution in [2.45, 2.75) is 69.8 Å². The third-order valence-electron chi connectivity index (χ3n) is 7.82. The van der Waals surface area contributed by atoms with Crippen LogP contribution in [0.15, 0.2) is 102 Å². The molecule has 0 spiro atoms. The van der Waals surface area contributed by atoms with Crippen LogP contribution in [0.25, 0.3) is 11.1 Å². The fourth-order valence-corrected chi connectivity index (χ4v) is 6.33. The molecule has 1 aliphatic rings. The van der Waals surface area contributed by atoms with Gasteiger partial charge in [-0.25, -0.2) is 0 Å². The Morgan fingerprint density at radius 1 is 0.875 bits per heavy atom. The Bertz CT molecular complexity index is 1710. The number of hydrogen-bond acceptors (Lipinski definition) is 8. The average Bonchev–Trinajstić information content (AvgIpc) is 3.10. The van der Waals surface area contributed by atoms with Crippen LogP contribution in [0.5, 0.6) is 0 Å². The smallest absolute Gasteiger partial charge is 0.303 e. The summed E-state index contributed by atoms with van der Waals surface area (Å²) in [6.45, 7) is 4.57. The number of rotatable bonds is 12. The molecule has 0 aromatic heterocycles. The summed E-state index contributed by atoms with van der Waals surface area (Å²) >= 11 is 1.69. The first-order valence-corrected chi connectivity index (χ1v) is 16.8. The van der Waals surface area contributed by atoms with Gasteiger partial charge < -0.3 is 30.0 Å². The number of carbonyl (C=O) groups is 3. The Hall–Kier alpha value is -4.48. The maximum absolute atomic E-state index is 12.3. The number of amides is 2. The molecule has 1 heterocycles. The lowest BCUT2D eigenvalue weighted by molar-refractivity contribution is -0.245. The molecule has 1 aliphatic heterocycles. The largest absolute Gasteiger partial charge is 0.453 e. The molecule has 0 unspecified atom stereocenters. The summed E-state index contributed by atoms with van der Waals surface area (Å²) in [7, 11) is 0. The zero-order chi connectivity index (χ0) is 34.0. The number of thioether (sulfide) groups is 1. The van der Waals surface area contributed by atoms with Crippen molar-refractivity contribution >= 4 is 35.2 Å². The fourth-order valence-electron chi connectivity index (χ4n) is 5.41. The number of carbonyl (C=O) groups excluding carboxylic acids is 3. The second-order valence-electron chi connectivity index (χ2n) is 11.7. The van der Waals surface area contributed by atoms with Gasteiger partial charge in [0, 0.05) is 48.7 Å². The maximum Gasteiger partial charge on any atom is 0.303 e. The topological polar surface area (TPSA) is 123 Å². The first-order valence-electron chi connectivity index (χ1n) is 15.8. The second-order valence-corrected chi connectivity index (χ2v) is 12.8. The van der Waals surface area contributed by atoms with E-state index in [2.05, 4.69) is 16.7 Å². The third-order valence-corrected chi connectivity index (χ3v) is 8.97. The predicted octanol–water partition coefficient (Wildman–Crippen LogP) is 6.71. The van der Waals surface area contributed by atoms with Gasteiger partial charge in [0.25, 0.3) is 5.91 Å². The van der Waals surface area contributed by atoms with Crippen LogP contribution in [0.3, 0.4) is 0 Å². The number of esters is 1. The molecular formula is C38H40N2O7S. The van der Waals surface area contributed by atoms with Gasteiger partial charge in [0.15, 0.2) is 12.4 Å². The lowest BCUT2D eigenvalue weighted by atomic mass is 9.99. The number of ether oxygens (including phenoxy) is 3. The molecular weight excluding hydrogens is 628 g/mol. The van der Waals surface area contributed by atoms with Gasteiger partial charge in [-0.2, -0.15) is 0 Å². The predicted molar refractivity (Wildman–Crippen MR) is 185 cm³/mol. The van der Waals surface area contributed by atoms with Crippen molar-refractivity contribution in [2.75, 3.05) is 11.1 Å². The second kappa shape index (κ2) is 16.6. The Labute approximate surface area is 285 Å². The van der Waals surface area contributed by atoms with Crippen LogP contribution in [-0.2, 0) is 41.7 Å². The van der Waals surface area contributed by atoms with Gasteiger partial charge in [0.1, 0.15) is 0 Å². The Balaban J connectivity index is 1.32. The first-order chi connectivity index (χ1) is 23.2. The number of hydrogen-bond donors (Lipinski definition) is 3. The molecule has 4 atom stereocenters. The molecule has 4 aromatic carbocycles. The van der Waals surface area contributed by atoms with Crippen molar-refractivity contribution in [2.24, 2.45) is 0 Å².